The van der Waals surface area contributed by atoms with Gasteiger partial charge in [0.2, 0.25) is 5.95 Å². The van der Waals surface area contributed by atoms with Gasteiger partial charge in [-0.05, 0) is 32.7 Å². The first-order valence-corrected chi connectivity index (χ1v) is 9.08. The van der Waals surface area contributed by atoms with Crippen molar-refractivity contribution in [1.29, 1.82) is 0 Å². The number of hydrogen-bond donors (Lipinski definition) is 1. The van der Waals surface area contributed by atoms with Gasteiger partial charge in [0.25, 0.3) is 0 Å². The monoisotopic (exact) mass is 330 g/mol. The Kier molecular flexibility index (Phi) is 3.90. The quantitative estimate of drug-likeness (QED) is 0.905. The van der Waals surface area contributed by atoms with Gasteiger partial charge in [-0.3, -0.25) is 0 Å². The van der Waals surface area contributed by atoms with E-state index in [1.165, 1.54) is 23.4 Å². The topological polar surface area (TPSA) is 71.2 Å². The van der Waals surface area contributed by atoms with E-state index in [4.69, 9.17) is 10.7 Å². The van der Waals surface area contributed by atoms with Crippen molar-refractivity contribution < 1.29 is 0 Å². The van der Waals surface area contributed by atoms with Gasteiger partial charge in [-0.15, -0.1) is 11.3 Å². The Hall–Kier alpha value is -1.73. The molecule has 2 aromatic rings. The summed E-state index contributed by atoms with van der Waals surface area (Å²) in [5.74, 6) is 1.26. The predicted molar refractivity (Wildman–Crippen MR) is 93.9 cm³/mol. The lowest BCUT2D eigenvalue weighted by Crippen LogP contribution is -2.44. The van der Waals surface area contributed by atoms with E-state index in [0.717, 1.165) is 55.5 Å². The fourth-order valence-electron chi connectivity index (χ4n) is 3.22. The zero-order valence-electron chi connectivity index (χ0n) is 13.5. The van der Waals surface area contributed by atoms with E-state index in [-0.39, 0.29) is 0 Å². The molecule has 1 saturated heterocycles. The van der Waals surface area contributed by atoms with Crippen molar-refractivity contribution in [1.82, 2.24) is 19.9 Å². The second kappa shape index (κ2) is 6.05. The number of nitrogens with two attached hydrogens (primary N) is 1. The van der Waals surface area contributed by atoms with Crippen LogP contribution in [0.15, 0.2) is 6.07 Å². The van der Waals surface area contributed by atoms with Crippen molar-refractivity contribution in [2.75, 3.05) is 43.9 Å². The number of aryl methyl sites for hydroxylation is 2. The van der Waals surface area contributed by atoms with E-state index >= 15 is 0 Å². The Balaban J connectivity index is 1.65. The number of fused-ring (bicyclic) bond motifs is 1. The van der Waals surface area contributed by atoms with Crippen LogP contribution in [0.1, 0.15) is 23.4 Å². The minimum absolute atomic E-state index is 0.338. The SMILES string of the molecule is CN1CCN(c2cc(-c3nc4c(s3)CCCC4)nc(N)n2)CC1. The number of aromatic nitrogens is 3. The third-order valence-corrected chi connectivity index (χ3v) is 5.80. The van der Waals surface area contributed by atoms with Gasteiger partial charge in [0.1, 0.15) is 16.5 Å². The Morgan fingerprint density at radius 2 is 1.83 bits per heavy atom. The van der Waals surface area contributed by atoms with Crippen LogP contribution in [0.5, 0.6) is 0 Å². The van der Waals surface area contributed by atoms with Gasteiger partial charge in [-0.1, -0.05) is 0 Å². The number of anilines is 2. The third-order valence-electron chi connectivity index (χ3n) is 4.62. The smallest absolute Gasteiger partial charge is 0.222 e. The molecule has 23 heavy (non-hydrogen) atoms. The van der Waals surface area contributed by atoms with Crippen LogP contribution in [0.25, 0.3) is 10.7 Å². The maximum absolute atomic E-state index is 5.97. The second-order valence-electron chi connectivity index (χ2n) is 6.36. The molecule has 2 N–H and O–H groups in total. The molecule has 6 nitrogen and oxygen atoms in total. The van der Waals surface area contributed by atoms with Crippen LogP contribution in [-0.4, -0.2) is 53.1 Å². The van der Waals surface area contributed by atoms with Crippen LogP contribution in [0.4, 0.5) is 11.8 Å². The van der Waals surface area contributed by atoms with Gasteiger partial charge < -0.3 is 15.5 Å². The first kappa shape index (κ1) is 14.8. The van der Waals surface area contributed by atoms with Gasteiger partial charge in [0.05, 0.1) is 5.69 Å². The Bertz CT molecular complexity index is 681. The number of nitrogens with zero attached hydrogens (tertiary/aromatic N) is 5. The average Bonchev–Trinajstić information content (AvgIpc) is 2.99. The fourth-order valence-corrected chi connectivity index (χ4v) is 4.33. The van der Waals surface area contributed by atoms with Crippen molar-refractivity contribution in [3.05, 3.63) is 16.6 Å². The molecule has 0 saturated carbocycles. The second-order valence-corrected chi connectivity index (χ2v) is 7.44. The number of nitrogen functional groups attached to an aromatic ring is 1. The van der Waals surface area contributed by atoms with E-state index in [0.29, 0.717) is 5.95 Å². The van der Waals surface area contributed by atoms with Crippen molar-refractivity contribution in [3.63, 3.8) is 0 Å². The van der Waals surface area contributed by atoms with E-state index in [1.54, 1.807) is 11.3 Å². The summed E-state index contributed by atoms with van der Waals surface area (Å²) in [7, 11) is 2.15. The minimum Gasteiger partial charge on any atom is -0.368 e. The number of piperazine rings is 1. The highest BCUT2D eigenvalue weighted by Gasteiger charge is 2.20. The van der Waals surface area contributed by atoms with E-state index in [1.807, 2.05) is 6.07 Å². The summed E-state index contributed by atoms with van der Waals surface area (Å²) in [4.78, 5) is 19.7. The molecule has 0 radical (unpaired) electrons. The van der Waals surface area contributed by atoms with Crippen LogP contribution in [0.3, 0.4) is 0 Å². The summed E-state index contributed by atoms with van der Waals surface area (Å²) in [5, 5.41) is 0.987. The molecule has 3 heterocycles. The Morgan fingerprint density at radius 1 is 1.04 bits per heavy atom. The van der Waals surface area contributed by atoms with Crippen molar-refractivity contribution in [2.24, 2.45) is 0 Å². The van der Waals surface area contributed by atoms with Gasteiger partial charge in [0.15, 0.2) is 0 Å². The molecule has 122 valence electrons. The van der Waals surface area contributed by atoms with E-state index in [9.17, 15) is 0 Å². The number of thiazole rings is 1. The molecule has 1 fully saturated rings. The van der Waals surface area contributed by atoms with Crippen molar-refractivity contribution >= 4 is 23.1 Å². The summed E-state index contributed by atoms with van der Waals surface area (Å²) >= 11 is 1.77. The molecule has 4 rings (SSSR count). The summed E-state index contributed by atoms with van der Waals surface area (Å²) < 4.78 is 0. The highest BCUT2D eigenvalue weighted by Crippen LogP contribution is 2.33. The lowest BCUT2D eigenvalue weighted by atomic mass is 10.0. The molecule has 2 aliphatic rings. The molecule has 0 bridgehead atoms. The summed E-state index contributed by atoms with van der Waals surface area (Å²) in [6.07, 6.45) is 4.76. The van der Waals surface area contributed by atoms with Gasteiger partial charge in [-0.25, -0.2) is 9.97 Å². The molecule has 0 amide bonds. The maximum atomic E-state index is 5.97. The number of rotatable bonds is 2. The molecule has 0 unspecified atom stereocenters. The van der Waals surface area contributed by atoms with Crippen LogP contribution in [0.2, 0.25) is 0 Å². The summed E-state index contributed by atoms with van der Waals surface area (Å²) in [5.41, 5.74) is 8.10. The highest BCUT2D eigenvalue weighted by molar-refractivity contribution is 7.15. The minimum atomic E-state index is 0.338. The molecule has 0 aromatic carbocycles. The largest absolute Gasteiger partial charge is 0.368 e. The van der Waals surface area contributed by atoms with Crippen LogP contribution in [0, 0.1) is 0 Å². The zero-order chi connectivity index (χ0) is 15.8. The van der Waals surface area contributed by atoms with Gasteiger partial charge in [0, 0.05) is 37.1 Å². The Morgan fingerprint density at radius 3 is 2.61 bits per heavy atom. The molecule has 2 aromatic heterocycles. The van der Waals surface area contributed by atoms with Gasteiger partial charge >= 0.3 is 0 Å². The van der Waals surface area contributed by atoms with Crippen LogP contribution in [-0.2, 0) is 12.8 Å². The zero-order valence-corrected chi connectivity index (χ0v) is 14.3. The normalized spacial score (nSPS) is 18.9. The summed E-state index contributed by atoms with van der Waals surface area (Å²) in [6.45, 7) is 4.04. The molecule has 1 aliphatic carbocycles. The molecular weight excluding hydrogens is 308 g/mol. The predicted octanol–water partition coefficient (Wildman–Crippen LogP) is 1.81. The standard InChI is InChI=1S/C16H22N6S/c1-21-6-8-22(9-7-21)14-10-12(19-16(17)20-14)15-18-11-4-2-3-5-13(11)23-15/h10H,2-9H2,1H3,(H2,17,19,20). The van der Waals surface area contributed by atoms with Crippen LogP contribution >= 0.6 is 11.3 Å². The van der Waals surface area contributed by atoms with E-state index < -0.39 is 0 Å². The molecule has 1 aliphatic heterocycles. The summed E-state index contributed by atoms with van der Waals surface area (Å²) in [6, 6.07) is 2.05. The fraction of sp³-hybridized carbons (Fsp3) is 0.562. The lowest BCUT2D eigenvalue weighted by Gasteiger charge is -2.33. The number of likely N-dealkylation sites (N-methyl/N-ethyl adjacent to an activating group) is 1. The average molecular weight is 330 g/mol. The highest BCUT2D eigenvalue weighted by atomic mass is 32.1. The molecule has 0 spiro atoms. The van der Waals surface area contributed by atoms with Crippen molar-refractivity contribution in [3.8, 4) is 10.7 Å². The first-order chi connectivity index (χ1) is 11.2. The maximum Gasteiger partial charge on any atom is 0.222 e. The van der Waals surface area contributed by atoms with Crippen molar-refractivity contribution in [2.45, 2.75) is 25.7 Å². The third kappa shape index (κ3) is 3.03. The lowest BCUT2D eigenvalue weighted by molar-refractivity contribution is 0.312. The van der Waals surface area contributed by atoms with E-state index in [2.05, 4.69) is 26.8 Å². The van der Waals surface area contributed by atoms with Gasteiger partial charge in [-0.2, -0.15) is 4.98 Å². The Labute approximate surface area is 140 Å². The first-order valence-electron chi connectivity index (χ1n) is 8.26. The molecule has 0 atom stereocenters. The molecule has 7 heteroatoms. The molecular formula is C16H22N6S. The van der Waals surface area contributed by atoms with Crippen LogP contribution < -0.4 is 10.6 Å². The number of hydrogen-bond acceptors (Lipinski definition) is 7.